The molecule has 0 saturated carbocycles. The molecule has 0 aromatic heterocycles. The number of nitrogens with zero attached hydrogens (tertiary/aromatic N) is 3. The highest BCUT2D eigenvalue weighted by Crippen LogP contribution is 2.17. The molecular formula is C25H26N4O4. The number of nitrogens with one attached hydrogen (secondary N) is 1. The first-order valence-electron chi connectivity index (χ1n) is 10.2. The fraction of sp³-hybridized carbons (Fsp3) is 0.160. The second-order valence-corrected chi connectivity index (χ2v) is 7.46. The van der Waals surface area contributed by atoms with Crippen LogP contribution in [0.4, 0.5) is 5.69 Å². The standard InChI is InChI=1S/C25H26N4O4/c1-28(2)22-12-10-21(11-13-22)25(31)29(17-19-6-14-23(33-3)15-7-19)26-16-18-4-8-20(9-5-18)24(30)27-32/h4-16,32H,17H2,1-3H3,(H,27,30)/b26-16+. The van der Waals surface area contributed by atoms with Crippen LogP contribution in [-0.2, 0) is 6.54 Å². The molecule has 0 aliphatic rings. The molecule has 8 nitrogen and oxygen atoms in total. The summed E-state index contributed by atoms with van der Waals surface area (Å²) in [6.07, 6.45) is 1.55. The molecule has 8 heteroatoms. The quantitative estimate of drug-likeness (QED) is 0.314. The summed E-state index contributed by atoms with van der Waals surface area (Å²) in [5, 5.41) is 14.6. The number of anilines is 1. The van der Waals surface area contributed by atoms with Gasteiger partial charge in [0.2, 0.25) is 0 Å². The zero-order chi connectivity index (χ0) is 23.8. The van der Waals surface area contributed by atoms with Crippen LogP contribution < -0.4 is 15.1 Å². The summed E-state index contributed by atoms with van der Waals surface area (Å²) in [4.78, 5) is 26.7. The molecule has 170 valence electrons. The van der Waals surface area contributed by atoms with Crippen molar-refractivity contribution in [3.63, 3.8) is 0 Å². The maximum absolute atomic E-state index is 13.3. The number of hydrogen-bond acceptors (Lipinski definition) is 6. The minimum atomic E-state index is -0.601. The van der Waals surface area contributed by atoms with Gasteiger partial charge in [0.25, 0.3) is 11.8 Å². The third-order valence-electron chi connectivity index (χ3n) is 4.98. The lowest BCUT2D eigenvalue weighted by atomic mass is 10.1. The van der Waals surface area contributed by atoms with Gasteiger partial charge in [-0.25, -0.2) is 10.5 Å². The maximum Gasteiger partial charge on any atom is 0.274 e. The topological polar surface area (TPSA) is 94.5 Å². The first-order chi connectivity index (χ1) is 15.9. The van der Waals surface area contributed by atoms with E-state index < -0.39 is 5.91 Å². The van der Waals surface area contributed by atoms with Crippen molar-refractivity contribution in [1.29, 1.82) is 0 Å². The second-order valence-electron chi connectivity index (χ2n) is 7.46. The zero-order valence-corrected chi connectivity index (χ0v) is 18.7. The zero-order valence-electron chi connectivity index (χ0n) is 18.7. The predicted molar refractivity (Wildman–Crippen MR) is 127 cm³/mol. The number of hydrazone groups is 1. The average molecular weight is 447 g/mol. The first-order valence-corrected chi connectivity index (χ1v) is 10.2. The number of carbonyl (C=O) groups excluding carboxylic acids is 2. The molecule has 0 spiro atoms. The van der Waals surface area contributed by atoms with Crippen LogP contribution >= 0.6 is 0 Å². The summed E-state index contributed by atoms with van der Waals surface area (Å²) >= 11 is 0. The summed E-state index contributed by atoms with van der Waals surface area (Å²) in [7, 11) is 5.47. The number of rotatable bonds is 8. The van der Waals surface area contributed by atoms with Gasteiger partial charge < -0.3 is 9.64 Å². The van der Waals surface area contributed by atoms with Gasteiger partial charge in [-0.15, -0.1) is 0 Å². The lowest BCUT2D eigenvalue weighted by Crippen LogP contribution is -2.26. The van der Waals surface area contributed by atoms with Gasteiger partial charge in [0.15, 0.2) is 0 Å². The molecule has 0 atom stereocenters. The van der Waals surface area contributed by atoms with Gasteiger partial charge >= 0.3 is 0 Å². The lowest BCUT2D eigenvalue weighted by molar-refractivity contribution is 0.0706. The molecule has 0 unspecified atom stereocenters. The van der Waals surface area contributed by atoms with Crippen molar-refractivity contribution in [2.45, 2.75) is 6.54 Å². The van der Waals surface area contributed by atoms with Crippen molar-refractivity contribution in [1.82, 2.24) is 10.5 Å². The Hall–Kier alpha value is -4.17. The van der Waals surface area contributed by atoms with Crippen LogP contribution in [0, 0.1) is 0 Å². The van der Waals surface area contributed by atoms with Crippen LogP contribution in [0.3, 0.4) is 0 Å². The minimum Gasteiger partial charge on any atom is -0.497 e. The number of carbonyl (C=O) groups is 2. The van der Waals surface area contributed by atoms with Crippen LogP contribution in [-0.4, -0.2) is 49.5 Å². The molecule has 2 N–H and O–H groups in total. The van der Waals surface area contributed by atoms with Gasteiger partial charge in [0.1, 0.15) is 5.75 Å². The minimum absolute atomic E-state index is 0.247. The van der Waals surface area contributed by atoms with E-state index in [1.165, 1.54) is 5.01 Å². The third-order valence-corrected chi connectivity index (χ3v) is 4.98. The fourth-order valence-corrected chi connectivity index (χ4v) is 3.04. The molecule has 2 amide bonds. The highest BCUT2D eigenvalue weighted by Gasteiger charge is 2.16. The van der Waals surface area contributed by atoms with Crippen LogP contribution in [0.15, 0.2) is 77.9 Å². The predicted octanol–water partition coefficient (Wildman–Crippen LogP) is 3.56. The first kappa shape index (κ1) is 23.5. The van der Waals surface area contributed by atoms with Crippen molar-refractivity contribution in [2.24, 2.45) is 5.10 Å². The number of benzene rings is 3. The Morgan fingerprint density at radius 1 is 0.939 bits per heavy atom. The molecular weight excluding hydrogens is 420 g/mol. The maximum atomic E-state index is 13.3. The van der Waals surface area contributed by atoms with E-state index in [0.29, 0.717) is 16.7 Å². The van der Waals surface area contributed by atoms with E-state index in [1.807, 2.05) is 55.4 Å². The SMILES string of the molecule is COc1ccc(CN(/N=C/c2ccc(C(=O)NO)cc2)C(=O)c2ccc(N(C)C)cc2)cc1. The van der Waals surface area contributed by atoms with E-state index in [2.05, 4.69) is 5.10 Å². The number of hydrogen-bond donors (Lipinski definition) is 2. The Labute approximate surface area is 192 Å². The molecule has 3 aromatic rings. The molecule has 0 saturated heterocycles. The summed E-state index contributed by atoms with van der Waals surface area (Å²) < 4.78 is 5.20. The van der Waals surface area contributed by atoms with E-state index in [-0.39, 0.29) is 12.5 Å². The summed E-state index contributed by atoms with van der Waals surface area (Å²) in [6.45, 7) is 0.264. The van der Waals surface area contributed by atoms with E-state index in [4.69, 9.17) is 9.94 Å². The van der Waals surface area contributed by atoms with E-state index in [0.717, 1.165) is 17.0 Å². The van der Waals surface area contributed by atoms with Gasteiger partial charge in [-0.1, -0.05) is 24.3 Å². The summed E-state index contributed by atoms with van der Waals surface area (Å²) in [6, 6.07) is 21.2. The van der Waals surface area contributed by atoms with Gasteiger partial charge in [-0.05, 0) is 59.7 Å². The van der Waals surface area contributed by atoms with Gasteiger partial charge in [0, 0.05) is 30.9 Å². The molecule has 0 heterocycles. The largest absolute Gasteiger partial charge is 0.497 e. The smallest absolute Gasteiger partial charge is 0.274 e. The fourth-order valence-electron chi connectivity index (χ4n) is 3.04. The van der Waals surface area contributed by atoms with E-state index in [9.17, 15) is 9.59 Å². The van der Waals surface area contributed by atoms with Crippen LogP contribution in [0.2, 0.25) is 0 Å². The molecule has 0 fully saturated rings. The lowest BCUT2D eigenvalue weighted by Gasteiger charge is -2.18. The average Bonchev–Trinajstić information content (AvgIpc) is 2.86. The number of amides is 2. The van der Waals surface area contributed by atoms with Gasteiger partial charge in [-0.3, -0.25) is 14.8 Å². The number of hydroxylamine groups is 1. The molecule has 0 radical (unpaired) electrons. The Kier molecular flexibility index (Phi) is 7.77. The highest BCUT2D eigenvalue weighted by atomic mass is 16.5. The third kappa shape index (κ3) is 6.18. The Morgan fingerprint density at radius 3 is 2.09 bits per heavy atom. The molecule has 0 aliphatic heterocycles. The normalized spacial score (nSPS) is 10.7. The van der Waals surface area contributed by atoms with Crippen molar-refractivity contribution in [3.8, 4) is 5.75 Å². The van der Waals surface area contributed by atoms with Crippen LogP contribution in [0.1, 0.15) is 31.8 Å². The van der Waals surface area contributed by atoms with E-state index in [1.54, 1.807) is 55.2 Å². The highest BCUT2D eigenvalue weighted by molar-refractivity contribution is 5.96. The van der Waals surface area contributed by atoms with Crippen LogP contribution in [0.5, 0.6) is 5.75 Å². The molecule has 3 aromatic carbocycles. The van der Waals surface area contributed by atoms with Crippen molar-refractivity contribution in [3.05, 3.63) is 95.1 Å². The van der Waals surface area contributed by atoms with Crippen LogP contribution in [0.25, 0.3) is 0 Å². The monoisotopic (exact) mass is 446 g/mol. The molecule has 0 bridgehead atoms. The van der Waals surface area contributed by atoms with Gasteiger partial charge in [0.05, 0.1) is 19.9 Å². The molecule has 0 aliphatic carbocycles. The number of methoxy groups -OCH3 is 1. The van der Waals surface area contributed by atoms with E-state index >= 15 is 0 Å². The Morgan fingerprint density at radius 2 is 1.55 bits per heavy atom. The Balaban J connectivity index is 1.85. The Bertz CT molecular complexity index is 1110. The van der Waals surface area contributed by atoms with Crippen molar-refractivity contribution in [2.75, 3.05) is 26.1 Å². The summed E-state index contributed by atoms with van der Waals surface area (Å²) in [5.41, 5.74) is 4.99. The van der Waals surface area contributed by atoms with Crippen molar-refractivity contribution >= 4 is 23.7 Å². The molecule has 3 rings (SSSR count). The van der Waals surface area contributed by atoms with Gasteiger partial charge in [-0.2, -0.15) is 5.10 Å². The summed E-state index contributed by atoms with van der Waals surface area (Å²) in [5.74, 6) is -0.119. The molecule has 33 heavy (non-hydrogen) atoms. The second kappa shape index (κ2) is 10.9. The van der Waals surface area contributed by atoms with Crippen molar-refractivity contribution < 1.29 is 19.5 Å². The number of ether oxygens (including phenoxy) is 1.